The van der Waals surface area contributed by atoms with Gasteiger partial charge in [-0.25, -0.2) is 9.97 Å². The summed E-state index contributed by atoms with van der Waals surface area (Å²) in [4.78, 5) is 21.2. The summed E-state index contributed by atoms with van der Waals surface area (Å²) in [6, 6.07) is 13.1. The Balaban J connectivity index is 1.58. The van der Waals surface area contributed by atoms with Crippen LogP contribution >= 0.6 is 0 Å². The lowest BCUT2D eigenvalue weighted by Crippen LogP contribution is -2.29. The summed E-state index contributed by atoms with van der Waals surface area (Å²) in [5.74, 6) is 1.41. The minimum absolute atomic E-state index is 0.226. The fourth-order valence-corrected chi connectivity index (χ4v) is 4.24. The number of pyridine rings is 1. The molecule has 1 saturated carbocycles. The number of rotatable bonds is 7. The lowest BCUT2D eigenvalue weighted by Gasteiger charge is -2.28. The Hall–Kier alpha value is -2.89. The molecule has 0 atom stereocenters. The van der Waals surface area contributed by atoms with Gasteiger partial charge >= 0.3 is 0 Å². The molecule has 3 aromatic rings. The lowest BCUT2D eigenvalue weighted by atomic mass is 9.84. The predicted molar refractivity (Wildman–Crippen MR) is 122 cm³/mol. The van der Waals surface area contributed by atoms with Crippen LogP contribution < -0.4 is 10.6 Å². The Bertz CT molecular complexity index is 1000. The molecule has 1 aliphatic carbocycles. The van der Waals surface area contributed by atoms with Gasteiger partial charge in [0.05, 0.1) is 12.0 Å². The monoisotopic (exact) mass is 405 g/mol. The number of nitrogens with zero attached hydrogens (tertiary/aromatic N) is 3. The highest BCUT2D eigenvalue weighted by molar-refractivity contribution is 5.88. The maximum Gasteiger partial charge on any atom is 0.164 e. The molecule has 0 unspecified atom stereocenters. The molecule has 30 heavy (non-hydrogen) atoms. The van der Waals surface area contributed by atoms with Gasteiger partial charge in [-0.2, -0.15) is 0 Å². The van der Waals surface area contributed by atoms with E-state index in [1.807, 2.05) is 12.4 Å². The first-order valence-corrected chi connectivity index (χ1v) is 10.9. The average Bonchev–Trinajstić information content (AvgIpc) is 3.17. The SMILES string of the molecule is CC(=O)C1CCC(Nc2cc(NCc3ccccc3)c3ncn(C(C)C)c3n2)CC1. The molecular weight excluding hydrogens is 374 g/mol. The van der Waals surface area contributed by atoms with Gasteiger partial charge < -0.3 is 15.2 Å². The van der Waals surface area contributed by atoms with Gasteiger partial charge in [0.1, 0.15) is 17.1 Å². The third-order valence-electron chi connectivity index (χ3n) is 6.07. The van der Waals surface area contributed by atoms with Crippen LogP contribution in [0.2, 0.25) is 0 Å². The molecule has 4 rings (SSSR count). The van der Waals surface area contributed by atoms with Crippen molar-refractivity contribution in [3.63, 3.8) is 0 Å². The van der Waals surface area contributed by atoms with E-state index in [2.05, 4.69) is 64.4 Å². The van der Waals surface area contributed by atoms with Crippen molar-refractivity contribution < 1.29 is 4.79 Å². The zero-order valence-electron chi connectivity index (χ0n) is 18.1. The second-order valence-electron chi connectivity index (χ2n) is 8.62. The fourth-order valence-electron chi connectivity index (χ4n) is 4.24. The van der Waals surface area contributed by atoms with Crippen molar-refractivity contribution in [2.45, 2.75) is 65.1 Å². The molecule has 1 aliphatic rings. The molecule has 0 amide bonds. The van der Waals surface area contributed by atoms with Crippen LogP contribution in [0.25, 0.3) is 11.2 Å². The second kappa shape index (κ2) is 8.86. The van der Waals surface area contributed by atoms with Crippen molar-refractivity contribution in [1.29, 1.82) is 0 Å². The van der Waals surface area contributed by atoms with E-state index in [1.54, 1.807) is 6.92 Å². The van der Waals surface area contributed by atoms with Crippen LogP contribution in [0.5, 0.6) is 0 Å². The van der Waals surface area contributed by atoms with Crippen molar-refractivity contribution in [2.75, 3.05) is 10.6 Å². The minimum Gasteiger partial charge on any atom is -0.379 e. The number of ketones is 1. The molecule has 1 fully saturated rings. The quantitative estimate of drug-likeness (QED) is 0.566. The first kappa shape index (κ1) is 20.4. The third kappa shape index (κ3) is 4.48. The molecule has 2 heterocycles. The van der Waals surface area contributed by atoms with Gasteiger partial charge in [-0.1, -0.05) is 30.3 Å². The molecule has 0 spiro atoms. The number of Topliss-reactive ketones (excluding diaryl/α,β-unsaturated/α-hetero) is 1. The Morgan fingerprint density at radius 3 is 2.57 bits per heavy atom. The van der Waals surface area contributed by atoms with Crippen molar-refractivity contribution in [3.8, 4) is 0 Å². The highest BCUT2D eigenvalue weighted by Crippen LogP contribution is 2.30. The normalized spacial score (nSPS) is 19.2. The molecule has 2 aromatic heterocycles. The van der Waals surface area contributed by atoms with Gasteiger partial charge in [-0.3, -0.25) is 4.79 Å². The molecule has 1 aromatic carbocycles. The number of carbonyl (C=O) groups is 1. The van der Waals surface area contributed by atoms with Crippen LogP contribution in [-0.4, -0.2) is 26.4 Å². The number of anilines is 2. The summed E-state index contributed by atoms with van der Waals surface area (Å²) in [5.41, 5.74) is 4.00. The van der Waals surface area contributed by atoms with Crippen molar-refractivity contribution in [1.82, 2.24) is 14.5 Å². The van der Waals surface area contributed by atoms with Crippen LogP contribution in [0, 0.1) is 5.92 Å². The smallest absolute Gasteiger partial charge is 0.164 e. The van der Waals surface area contributed by atoms with Crippen LogP contribution in [-0.2, 0) is 11.3 Å². The number of fused-ring (bicyclic) bond motifs is 1. The lowest BCUT2D eigenvalue weighted by molar-refractivity contribution is -0.121. The summed E-state index contributed by atoms with van der Waals surface area (Å²) >= 11 is 0. The molecule has 0 saturated heterocycles. The maximum absolute atomic E-state index is 11.7. The number of carbonyl (C=O) groups excluding carboxylic acids is 1. The first-order valence-electron chi connectivity index (χ1n) is 10.9. The van der Waals surface area contributed by atoms with Crippen LogP contribution in [0.15, 0.2) is 42.7 Å². The van der Waals surface area contributed by atoms with E-state index in [9.17, 15) is 4.79 Å². The highest BCUT2D eigenvalue weighted by atomic mass is 16.1. The van der Waals surface area contributed by atoms with Gasteiger partial charge in [-0.15, -0.1) is 0 Å². The third-order valence-corrected chi connectivity index (χ3v) is 6.07. The Kier molecular flexibility index (Phi) is 6.02. The van der Waals surface area contributed by atoms with Crippen LogP contribution in [0.3, 0.4) is 0 Å². The predicted octanol–water partition coefficient (Wildman–Crippen LogP) is 5.18. The van der Waals surface area contributed by atoms with Crippen LogP contribution in [0.4, 0.5) is 11.5 Å². The van der Waals surface area contributed by atoms with E-state index in [1.165, 1.54) is 5.56 Å². The van der Waals surface area contributed by atoms with Gasteiger partial charge in [0, 0.05) is 30.6 Å². The van der Waals surface area contributed by atoms with Gasteiger partial charge in [0.2, 0.25) is 0 Å². The number of imidazole rings is 1. The number of nitrogens with one attached hydrogen (secondary N) is 2. The molecule has 6 nitrogen and oxygen atoms in total. The largest absolute Gasteiger partial charge is 0.379 e. The minimum atomic E-state index is 0.226. The molecule has 158 valence electrons. The topological polar surface area (TPSA) is 71.8 Å². The molecule has 0 bridgehead atoms. The Labute approximate surface area is 178 Å². The van der Waals surface area contributed by atoms with E-state index in [-0.39, 0.29) is 12.0 Å². The van der Waals surface area contributed by atoms with E-state index in [4.69, 9.17) is 4.98 Å². The standard InChI is InChI=1S/C24H31N5O/c1-16(2)29-15-26-23-21(25-14-18-7-5-4-6-8-18)13-22(28-24(23)29)27-20-11-9-19(10-12-20)17(3)30/h4-8,13,15-16,19-20H,9-12,14H2,1-3H3,(H2,25,27,28). The van der Waals surface area contributed by atoms with E-state index < -0.39 is 0 Å². The highest BCUT2D eigenvalue weighted by Gasteiger charge is 2.24. The molecule has 2 N–H and O–H groups in total. The number of benzene rings is 1. The second-order valence-corrected chi connectivity index (χ2v) is 8.62. The van der Waals surface area contributed by atoms with Crippen molar-refractivity contribution in [3.05, 3.63) is 48.3 Å². The van der Waals surface area contributed by atoms with Gasteiger partial charge in [-0.05, 0) is 52.0 Å². The number of aromatic nitrogens is 3. The number of hydrogen-bond donors (Lipinski definition) is 2. The first-order chi connectivity index (χ1) is 14.5. The van der Waals surface area contributed by atoms with Crippen molar-refractivity contribution >= 4 is 28.5 Å². The molecule has 0 aliphatic heterocycles. The zero-order valence-corrected chi connectivity index (χ0v) is 18.1. The maximum atomic E-state index is 11.7. The van der Waals surface area contributed by atoms with Gasteiger partial charge in [0.15, 0.2) is 5.65 Å². The van der Waals surface area contributed by atoms with Gasteiger partial charge in [0.25, 0.3) is 0 Å². The van der Waals surface area contributed by atoms with Crippen molar-refractivity contribution in [2.24, 2.45) is 5.92 Å². The number of hydrogen-bond acceptors (Lipinski definition) is 5. The summed E-state index contributed by atoms with van der Waals surface area (Å²) < 4.78 is 2.11. The average molecular weight is 406 g/mol. The van der Waals surface area contributed by atoms with E-state index in [0.29, 0.717) is 11.8 Å². The fraction of sp³-hybridized carbons (Fsp3) is 0.458. The Morgan fingerprint density at radius 1 is 1.17 bits per heavy atom. The van der Waals surface area contributed by atoms with E-state index in [0.717, 1.165) is 54.9 Å². The molecule has 0 radical (unpaired) electrons. The summed E-state index contributed by atoms with van der Waals surface area (Å²) in [5, 5.41) is 7.18. The summed E-state index contributed by atoms with van der Waals surface area (Å²) in [6.07, 6.45) is 5.79. The zero-order chi connectivity index (χ0) is 21.1. The molecular formula is C24H31N5O. The van der Waals surface area contributed by atoms with E-state index >= 15 is 0 Å². The summed E-state index contributed by atoms with van der Waals surface area (Å²) in [7, 11) is 0. The molecule has 6 heteroatoms. The summed E-state index contributed by atoms with van der Waals surface area (Å²) in [6.45, 7) is 6.73. The van der Waals surface area contributed by atoms with Crippen LogP contribution in [0.1, 0.15) is 58.1 Å². The Morgan fingerprint density at radius 2 is 1.90 bits per heavy atom.